The van der Waals surface area contributed by atoms with Gasteiger partial charge in [-0.1, -0.05) is 18.2 Å². The molecule has 0 radical (unpaired) electrons. The highest BCUT2D eigenvalue weighted by Crippen LogP contribution is 2.28. The zero-order valence-electron chi connectivity index (χ0n) is 11.5. The molecule has 0 aromatic heterocycles. The molecule has 0 bridgehead atoms. The Morgan fingerprint density at radius 1 is 1.24 bits per heavy atom. The molecule has 0 amide bonds. The molecular weight excluding hydrogens is 264 g/mol. The molecule has 0 aliphatic carbocycles. The van der Waals surface area contributed by atoms with Crippen LogP contribution in [0.15, 0.2) is 60.7 Å². The molecule has 0 atom stereocenters. The zero-order chi connectivity index (χ0) is 15.1. The maximum atomic E-state index is 11.8. The number of ketones is 1. The Bertz CT molecular complexity index is 700. The predicted molar refractivity (Wildman–Crippen MR) is 81.8 cm³/mol. The van der Waals surface area contributed by atoms with E-state index >= 15 is 0 Å². The minimum absolute atomic E-state index is 0.235. The monoisotopic (exact) mass is 278 g/mol. The van der Waals surface area contributed by atoms with Crippen LogP contribution in [0.25, 0.3) is 0 Å². The second kappa shape index (κ2) is 6.92. The molecule has 1 N–H and O–H groups in total. The molecule has 21 heavy (non-hydrogen) atoms. The fraction of sp³-hybridized carbons (Fsp3) is 0.0588. The normalized spacial score (nSPS) is 10.1. The molecular formula is C17H14N2O2. The molecule has 0 aliphatic rings. The van der Waals surface area contributed by atoms with Crippen molar-refractivity contribution in [2.75, 3.05) is 12.4 Å². The van der Waals surface area contributed by atoms with Crippen molar-refractivity contribution in [3.05, 3.63) is 66.2 Å². The Balaban J connectivity index is 2.27. The van der Waals surface area contributed by atoms with Crippen molar-refractivity contribution in [1.82, 2.24) is 0 Å². The lowest BCUT2D eigenvalue weighted by Crippen LogP contribution is -1.99. The standard InChI is InChI=1S/C17H14N2O2/c1-21-17-12-13(16(20)8-5-11-18)9-10-15(17)19-14-6-3-2-4-7-14/h2-10,12,19H,1H3. The number of hydrogen-bond donors (Lipinski definition) is 1. The van der Waals surface area contributed by atoms with E-state index in [1.807, 2.05) is 30.3 Å². The lowest BCUT2D eigenvalue weighted by atomic mass is 10.1. The number of ether oxygens (including phenoxy) is 1. The number of rotatable bonds is 5. The third-order valence-corrected chi connectivity index (χ3v) is 2.85. The summed E-state index contributed by atoms with van der Waals surface area (Å²) >= 11 is 0. The van der Waals surface area contributed by atoms with E-state index in [1.54, 1.807) is 31.4 Å². The molecule has 0 aliphatic heterocycles. The average molecular weight is 278 g/mol. The Labute approximate surface area is 123 Å². The summed E-state index contributed by atoms with van der Waals surface area (Å²) in [7, 11) is 1.55. The van der Waals surface area contributed by atoms with Gasteiger partial charge in [0.15, 0.2) is 5.78 Å². The van der Waals surface area contributed by atoms with E-state index in [4.69, 9.17) is 10.00 Å². The number of benzene rings is 2. The molecule has 4 nitrogen and oxygen atoms in total. The number of nitriles is 1. The SMILES string of the molecule is COc1cc(C(=O)C=CC#N)ccc1Nc1ccccc1. The van der Waals surface area contributed by atoms with Gasteiger partial charge in [0.1, 0.15) is 5.75 Å². The quantitative estimate of drug-likeness (QED) is 0.514. The summed E-state index contributed by atoms with van der Waals surface area (Å²) in [6.07, 6.45) is 2.39. The number of carbonyl (C=O) groups is 1. The van der Waals surface area contributed by atoms with Crippen molar-refractivity contribution in [3.63, 3.8) is 0 Å². The largest absolute Gasteiger partial charge is 0.495 e. The number of methoxy groups -OCH3 is 1. The highest BCUT2D eigenvalue weighted by atomic mass is 16.5. The van der Waals surface area contributed by atoms with E-state index in [2.05, 4.69) is 5.32 Å². The minimum atomic E-state index is -0.235. The summed E-state index contributed by atoms with van der Waals surface area (Å²) in [6, 6.07) is 16.6. The van der Waals surface area contributed by atoms with E-state index in [1.165, 1.54) is 6.08 Å². The maximum Gasteiger partial charge on any atom is 0.186 e. The number of anilines is 2. The zero-order valence-corrected chi connectivity index (χ0v) is 11.5. The molecule has 104 valence electrons. The molecule has 2 aromatic carbocycles. The van der Waals surface area contributed by atoms with Crippen LogP contribution in [-0.4, -0.2) is 12.9 Å². The van der Waals surface area contributed by atoms with Gasteiger partial charge < -0.3 is 10.1 Å². The van der Waals surface area contributed by atoms with Crippen molar-refractivity contribution >= 4 is 17.2 Å². The first-order chi connectivity index (χ1) is 10.2. The highest BCUT2D eigenvalue weighted by Gasteiger charge is 2.08. The van der Waals surface area contributed by atoms with Crippen LogP contribution >= 0.6 is 0 Å². The van der Waals surface area contributed by atoms with Crippen LogP contribution in [0, 0.1) is 11.3 Å². The van der Waals surface area contributed by atoms with Crippen molar-refractivity contribution in [2.45, 2.75) is 0 Å². The molecule has 0 spiro atoms. The topological polar surface area (TPSA) is 62.1 Å². The van der Waals surface area contributed by atoms with Crippen molar-refractivity contribution < 1.29 is 9.53 Å². The van der Waals surface area contributed by atoms with Gasteiger partial charge in [0, 0.05) is 17.3 Å². The van der Waals surface area contributed by atoms with E-state index in [9.17, 15) is 4.79 Å². The molecule has 2 rings (SSSR count). The Morgan fingerprint density at radius 2 is 2.00 bits per heavy atom. The van der Waals surface area contributed by atoms with Crippen LogP contribution in [0.2, 0.25) is 0 Å². The number of nitrogens with one attached hydrogen (secondary N) is 1. The maximum absolute atomic E-state index is 11.8. The van der Waals surface area contributed by atoms with Crippen molar-refractivity contribution in [3.8, 4) is 11.8 Å². The smallest absolute Gasteiger partial charge is 0.186 e. The lowest BCUT2D eigenvalue weighted by Gasteiger charge is -2.12. The van der Waals surface area contributed by atoms with E-state index in [0.29, 0.717) is 11.3 Å². The van der Waals surface area contributed by atoms with Crippen LogP contribution in [-0.2, 0) is 0 Å². The second-order valence-electron chi connectivity index (χ2n) is 4.23. The molecule has 2 aromatic rings. The number of nitrogens with zero attached hydrogens (tertiary/aromatic N) is 1. The number of allylic oxidation sites excluding steroid dienone is 2. The number of para-hydroxylation sites is 1. The lowest BCUT2D eigenvalue weighted by molar-refractivity contribution is 0.104. The van der Waals surface area contributed by atoms with Gasteiger partial charge in [-0.15, -0.1) is 0 Å². The summed E-state index contributed by atoms with van der Waals surface area (Å²) < 4.78 is 5.31. The minimum Gasteiger partial charge on any atom is -0.495 e. The molecule has 0 saturated carbocycles. The fourth-order valence-electron chi connectivity index (χ4n) is 1.83. The molecule has 0 fully saturated rings. The van der Waals surface area contributed by atoms with Crippen LogP contribution < -0.4 is 10.1 Å². The van der Waals surface area contributed by atoms with Crippen LogP contribution in [0.4, 0.5) is 11.4 Å². The van der Waals surface area contributed by atoms with Gasteiger partial charge in [0.25, 0.3) is 0 Å². The summed E-state index contributed by atoms with van der Waals surface area (Å²) in [4.78, 5) is 11.8. The average Bonchev–Trinajstić information content (AvgIpc) is 2.54. The van der Waals surface area contributed by atoms with E-state index in [-0.39, 0.29) is 5.78 Å². The van der Waals surface area contributed by atoms with Gasteiger partial charge in [-0.2, -0.15) is 5.26 Å². The van der Waals surface area contributed by atoms with Crippen LogP contribution in [0.1, 0.15) is 10.4 Å². The van der Waals surface area contributed by atoms with Gasteiger partial charge in [0.05, 0.1) is 18.9 Å². The molecule has 0 saturated heterocycles. The van der Waals surface area contributed by atoms with Crippen molar-refractivity contribution in [1.29, 1.82) is 5.26 Å². The Morgan fingerprint density at radius 3 is 2.67 bits per heavy atom. The van der Waals surface area contributed by atoms with Crippen LogP contribution in [0.5, 0.6) is 5.75 Å². The van der Waals surface area contributed by atoms with Gasteiger partial charge >= 0.3 is 0 Å². The summed E-state index contributed by atoms with van der Waals surface area (Å²) in [5.74, 6) is 0.330. The third kappa shape index (κ3) is 3.71. The van der Waals surface area contributed by atoms with Gasteiger partial charge in [-0.25, -0.2) is 0 Å². The fourth-order valence-corrected chi connectivity index (χ4v) is 1.83. The predicted octanol–water partition coefficient (Wildman–Crippen LogP) is 3.70. The van der Waals surface area contributed by atoms with Crippen molar-refractivity contribution in [2.24, 2.45) is 0 Å². The number of hydrogen-bond acceptors (Lipinski definition) is 4. The Kier molecular flexibility index (Phi) is 4.73. The highest BCUT2D eigenvalue weighted by molar-refractivity contribution is 6.05. The first-order valence-electron chi connectivity index (χ1n) is 6.35. The van der Waals surface area contributed by atoms with E-state index in [0.717, 1.165) is 17.5 Å². The van der Waals surface area contributed by atoms with Gasteiger partial charge in [-0.05, 0) is 36.4 Å². The van der Waals surface area contributed by atoms with E-state index < -0.39 is 0 Å². The van der Waals surface area contributed by atoms with Gasteiger partial charge in [-0.3, -0.25) is 4.79 Å². The molecule has 0 heterocycles. The summed E-state index contributed by atoms with van der Waals surface area (Å²) in [5.41, 5.74) is 2.17. The van der Waals surface area contributed by atoms with Crippen LogP contribution in [0.3, 0.4) is 0 Å². The first kappa shape index (κ1) is 14.4. The summed E-state index contributed by atoms with van der Waals surface area (Å²) in [5, 5.41) is 11.7. The molecule has 4 heteroatoms. The molecule has 0 unspecified atom stereocenters. The summed E-state index contributed by atoms with van der Waals surface area (Å²) in [6.45, 7) is 0. The third-order valence-electron chi connectivity index (χ3n) is 2.85. The Hall–Kier alpha value is -3.06. The number of carbonyl (C=O) groups excluding carboxylic acids is 1. The van der Waals surface area contributed by atoms with Gasteiger partial charge in [0.2, 0.25) is 0 Å². The first-order valence-corrected chi connectivity index (χ1v) is 6.35. The second-order valence-corrected chi connectivity index (χ2v) is 4.23.